The number of hydrogen-bond donors (Lipinski definition) is 3. The van der Waals surface area contributed by atoms with Crippen LogP contribution in [0.5, 0.6) is 0 Å². The van der Waals surface area contributed by atoms with Gasteiger partial charge in [-0.05, 0) is 49.4 Å². The Morgan fingerprint density at radius 1 is 1.00 bits per heavy atom. The van der Waals surface area contributed by atoms with Crippen LogP contribution < -0.4 is 10.6 Å². The van der Waals surface area contributed by atoms with Crippen LogP contribution in [0, 0.1) is 6.92 Å². The zero-order valence-electron chi connectivity index (χ0n) is 16.6. The first-order valence-electron chi connectivity index (χ1n) is 9.06. The molecule has 3 aromatic rings. The molecule has 0 atom stereocenters. The lowest BCUT2D eigenvalue weighted by molar-refractivity contribution is -0.141. The number of aromatic amines is 1. The topological polar surface area (TPSA) is 82.2 Å². The van der Waals surface area contributed by atoms with Crippen molar-refractivity contribution in [2.45, 2.75) is 19.3 Å². The molecule has 1 heterocycles. The molecule has 1 amide bonds. The molecular formula is C20H14ClF6N5O. The van der Waals surface area contributed by atoms with Gasteiger partial charge in [-0.2, -0.15) is 36.4 Å². The Hall–Kier alpha value is -3.54. The number of carbonyl (C=O) groups excluding carboxylic acids is 1. The summed E-state index contributed by atoms with van der Waals surface area (Å²) < 4.78 is 78.2. The maximum absolute atomic E-state index is 13.0. The third-order valence-electron chi connectivity index (χ3n) is 4.28. The summed E-state index contributed by atoms with van der Waals surface area (Å²) in [5.74, 6) is -1.53. The van der Waals surface area contributed by atoms with E-state index in [4.69, 9.17) is 11.6 Å². The van der Waals surface area contributed by atoms with Gasteiger partial charge in [-0.25, -0.2) is 0 Å². The highest BCUT2D eigenvalue weighted by Crippen LogP contribution is 2.33. The average molecular weight is 490 g/mol. The van der Waals surface area contributed by atoms with Crippen LogP contribution in [0.2, 0.25) is 5.02 Å². The van der Waals surface area contributed by atoms with Gasteiger partial charge in [0.25, 0.3) is 5.91 Å². The number of amides is 1. The number of nitrogens with one attached hydrogen (secondary N) is 3. The second kappa shape index (κ2) is 9.14. The van der Waals surface area contributed by atoms with Crippen molar-refractivity contribution in [3.8, 4) is 0 Å². The van der Waals surface area contributed by atoms with E-state index in [9.17, 15) is 31.1 Å². The van der Waals surface area contributed by atoms with Crippen molar-refractivity contribution >= 4 is 35.0 Å². The molecule has 13 heteroatoms. The SMILES string of the molecule is Cc1c(C(F)(F)F)n[nH]c1N/C(=N\C(=O)c1ccc(Cl)cc1)Nc1cccc(C(F)(F)F)c1. The fourth-order valence-corrected chi connectivity index (χ4v) is 2.80. The lowest BCUT2D eigenvalue weighted by atomic mass is 10.2. The summed E-state index contributed by atoms with van der Waals surface area (Å²) in [6.45, 7) is 1.12. The molecule has 0 bridgehead atoms. The second-order valence-corrected chi connectivity index (χ2v) is 7.11. The third kappa shape index (κ3) is 6.04. The molecule has 0 saturated heterocycles. The first kappa shape index (κ1) is 24.1. The van der Waals surface area contributed by atoms with Crippen LogP contribution >= 0.6 is 11.6 Å². The number of benzene rings is 2. The van der Waals surface area contributed by atoms with Gasteiger partial charge in [0.15, 0.2) is 5.69 Å². The summed E-state index contributed by atoms with van der Waals surface area (Å²) in [7, 11) is 0. The second-order valence-electron chi connectivity index (χ2n) is 6.67. The predicted octanol–water partition coefficient (Wildman–Crippen LogP) is 6.13. The molecule has 0 spiro atoms. The highest BCUT2D eigenvalue weighted by Gasteiger charge is 2.37. The lowest BCUT2D eigenvalue weighted by Crippen LogP contribution is -2.24. The maximum atomic E-state index is 13.0. The number of rotatable bonds is 3. The zero-order valence-corrected chi connectivity index (χ0v) is 17.3. The van der Waals surface area contributed by atoms with Gasteiger partial charge in [-0.15, -0.1) is 0 Å². The molecule has 0 saturated carbocycles. The van der Waals surface area contributed by atoms with Crippen molar-refractivity contribution in [1.82, 2.24) is 10.2 Å². The van der Waals surface area contributed by atoms with Gasteiger partial charge in [0, 0.05) is 21.8 Å². The van der Waals surface area contributed by atoms with Gasteiger partial charge >= 0.3 is 12.4 Å². The largest absolute Gasteiger partial charge is 0.435 e. The fourth-order valence-electron chi connectivity index (χ4n) is 2.67. The summed E-state index contributed by atoms with van der Waals surface area (Å²) in [6, 6.07) is 9.54. The van der Waals surface area contributed by atoms with Crippen LogP contribution in [0.3, 0.4) is 0 Å². The number of aromatic nitrogens is 2. The molecule has 0 fully saturated rings. The van der Waals surface area contributed by atoms with Crippen LogP contribution in [0.25, 0.3) is 0 Å². The molecule has 174 valence electrons. The van der Waals surface area contributed by atoms with Crippen molar-refractivity contribution in [2.75, 3.05) is 10.6 Å². The van der Waals surface area contributed by atoms with Crippen molar-refractivity contribution < 1.29 is 31.1 Å². The Morgan fingerprint density at radius 3 is 2.24 bits per heavy atom. The Balaban J connectivity index is 1.97. The first-order valence-corrected chi connectivity index (χ1v) is 9.44. The van der Waals surface area contributed by atoms with Gasteiger partial charge in [-0.1, -0.05) is 17.7 Å². The van der Waals surface area contributed by atoms with Crippen molar-refractivity contribution in [1.29, 1.82) is 0 Å². The average Bonchev–Trinajstić information content (AvgIpc) is 3.08. The monoisotopic (exact) mass is 489 g/mol. The molecule has 3 N–H and O–H groups in total. The molecule has 0 aliphatic heterocycles. The summed E-state index contributed by atoms with van der Waals surface area (Å²) in [5.41, 5.74) is -2.55. The standard InChI is InChI=1S/C20H14ClF6N5O/c1-10-15(20(25,26)27)31-32-16(10)29-18(30-17(33)11-5-7-13(21)8-6-11)28-14-4-2-3-12(9-14)19(22,23)24/h2-9H,1H3,(H3,28,29,30,31,32,33). The number of aliphatic imine (C=N–C) groups is 1. The predicted molar refractivity (Wildman–Crippen MR) is 110 cm³/mol. The van der Waals surface area contributed by atoms with E-state index in [1.54, 1.807) is 0 Å². The Kier molecular flexibility index (Phi) is 6.68. The minimum atomic E-state index is -4.74. The van der Waals surface area contributed by atoms with Gasteiger partial charge in [-0.3, -0.25) is 9.89 Å². The lowest BCUT2D eigenvalue weighted by Gasteiger charge is -2.14. The van der Waals surface area contributed by atoms with Crippen molar-refractivity contribution in [3.63, 3.8) is 0 Å². The van der Waals surface area contributed by atoms with Crippen LogP contribution in [-0.4, -0.2) is 22.1 Å². The van der Waals surface area contributed by atoms with Gasteiger partial charge < -0.3 is 10.6 Å². The summed E-state index contributed by atoms with van der Waals surface area (Å²) >= 11 is 5.78. The Bertz CT molecular complexity index is 1180. The van der Waals surface area contributed by atoms with E-state index in [1.807, 2.05) is 0 Å². The summed E-state index contributed by atoms with van der Waals surface area (Å²) in [6.07, 6.45) is -9.38. The number of H-pyrrole nitrogens is 1. The number of hydrogen-bond acceptors (Lipinski definition) is 2. The number of alkyl halides is 6. The maximum Gasteiger partial charge on any atom is 0.435 e. The van der Waals surface area contributed by atoms with E-state index < -0.39 is 35.5 Å². The molecule has 0 unspecified atom stereocenters. The highest BCUT2D eigenvalue weighted by atomic mass is 35.5. The molecule has 2 aromatic carbocycles. The number of carbonyl (C=O) groups is 1. The minimum absolute atomic E-state index is 0.0851. The molecule has 0 aliphatic carbocycles. The zero-order chi connectivity index (χ0) is 24.4. The Labute approximate surface area is 187 Å². The number of guanidine groups is 1. The van der Waals surface area contributed by atoms with Crippen molar-refractivity contribution in [3.05, 3.63) is 75.9 Å². The normalized spacial score (nSPS) is 12.5. The summed E-state index contributed by atoms with van der Waals surface area (Å²) in [4.78, 5) is 16.3. The fraction of sp³-hybridized carbons (Fsp3) is 0.150. The van der Waals surface area contributed by atoms with Crippen LogP contribution in [0.4, 0.5) is 37.8 Å². The number of anilines is 2. The smallest absolute Gasteiger partial charge is 0.326 e. The molecular weight excluding hydrogens is 476 g/mol. The molecule has 33 heavy (non-hydrogen) atoms. The van der Waals surface area contributed by atoms with Gasteiger partial charge in [0.05, 0.1) is 5.56 Å². The van der Waals surface area contributed by atoms with E-state index in [0.717, 1.165) is 25.1 Å². The molecule has 0 aliphatic rings. The van der Waals surface area contributed by atoms with Crippen LogP contribution in [-0.2, 0) is 12.4 Å². The number of nitrogens with zero attached hydrogens (tertiary/aromatic N) is 2. The van der Waals surface area contributed by atoms with Crippen LogP contribution in [0.15, 0.2) is 53.5 Å². The molecule has 6 nitrogen and oxygen atoms in total. The van der Waals surface area contributed by atoms with Gasteiger partial charge in [0.1, 0.15) is 5.82 Å². The van der Waals surface area contributed by atoms with E-state index in [2.05, 4.69) is 25.8 Å². The van der Waals surface area contributed by atoms with Crippen molar-refractivity contribution in [2.24, 2.45) is 4.99 Å². The molecule has 3 rings (SSSR count). The first-order chi connectivity index (χ1) is 15.3. The van der Waals surface area contributed by atoms with E-state index >= 15 is 0 Å². The van der Waals surface area contributed by atoms with Gasteiger partial charge in [0.2, 0.25) is 5.96 Å². The number of halogens is 7. The van der Waals surface area contributed by atoms with E-state index in [1.165, 1.54) is 30.3 Å². The summed E-state index contributed by atoms with van der Waals surface area (Å²) in [5, 5.41) is 10.6. The third-order valence-corrected chi connectivity index (χ3v) is 4.53. The Morgan fingerprint density at radius 2 is 1.67 bits per heavy atom. The van der Waals surface area contributed by atoms with E-state index in [0.29, 0.717) is 5.02 Å². The van der Waals surface area contributed by atoms with Crippen LogP contribution in [0.1, 0.15) is 27.2 Å². The van der Waals surface area contributed by atoms with E-state index in [-0.39, 0.29) is 22.6 Å². The highest BCUT2D eigenvalue weighted by molar-refractivity contribution is 6.30. The molecule has 0 radical (unpaired) electrons. The molecule has 1 aromatic heterocycles. The quantitative estimate of drug-likeness (QED) is 0.235. The minimum Gasteiger partial charge on any atom is -0.326 e.